The third-order valence-corrected chi connectivity index (χ3v) is 6.53. The minimum atomic E-state index is -0.348. The summed E-state index contributed by atoms with van der Waals surface area (Å²) in [6.45, 7) is 2.58. The Kier molecular flexibility index (Phi) is 6.58. The maximum atomic E-state index is 13.1. The molecule has 2 heterocycles. The van der Waals surface area contributed by atoms with E-state index in [1.54, 1.807) is 29.2 Å². The molecule has 0 aromatic heterocycles. The van der Waals surface area contributed by atoms with Crippen molar-refractivity contribution in [3.63, 3.8) is 0 Å². The van der Waals surface area contributed by atoms with Gasteiger partial charge in [0.2, 0.25) is 18.6 Å². The Morgan fingerprint density at radius 2 is 1.75 bits per heavy atom. The van der Waals surface area contributed by atoms with Crippen molar-refractivity contribution in [3.05, 3.63) is 89.0 Å². The van der Waals surface area contributed by atoms with Crippen LogP contribution in [-0.4, -0.2) is 36.0 Å². The lowest BCUT2D eigenvalue weighted by Crippen LogP contribution is -2.40. The molecular formula is C28H27N3O5. The number of nitrogens with zero attached hydrogens (tertiary/aromatic N) is 1. The van der Waals surface area contributed by atoms with Crippen LogP contribution in [0.4, 0.5) is 5.69 Å². The van der Waals surface area contributed by atoms with Crippen molar-refractivity contribution in [2.75, 3.05) is 18.7 Å². The van der Waals surface area contributed by atoms with Crippen LogP contribution in [0.2, 0.25) is 0 Å². The first-order chi connectivity index (χ1) is 17.5. The highest BCUT2D eigenvalue weighted by atomic mass is 16.7. The van der Waals surface area contributed by atoms with Crippen LogP contribution in [0.25, 0.3) is 0 Å². The number of para-hydroxylation sites is 1. The molecule has 3 amide bonds. The highest BCUT2D eigenvalue weighted by Crippen LogP contribution is 2.33. The van der Waals surface area contributed by atoms with E-state index in [2.05, 4.69) is 10.6 Å². The van der Waals surface area contributed by atoms with Crippen molar-refractivity contribution in [3.8, 4) is 11.5 Å². The second kappa shape index (κ2) is 10.1. The normalized spacial score (nSPS) is 15.7. The molecule has 0 fully saturated rings. The van der Waals surface area contributed by atoms with Crippen LogP contribution >= 0.6 is 0 Å². The SMILES string of the molecule is CC(=O)N1CCc2ccccc2C1CC(=O)Nc1ccccc1C(=O)NCc1ccc2c(c1)OCO2. The second-order valence-corrected chi connectivity index (χ2v) is 8.85. The van der Waals surface area contributed by atoms with Crippen molar-refractivity contribution < 1.29 is 23.9 Å². The lowest BCUT2D eigenvalue weighted by molar-refractivity contribution is -0.132. The number of ether oxygens (including phenoxy) is 2. The molecule has 3 aromatic carbocycles. The van der Waals surface area contributed by atoms with Crippen molar-refractivity contribution >= 4 is 23.4 Å². The molecular weight excluding hydrogens is 458 g/mol. The lowest BCUT2D eigenvalue weighted by Gasteiger charge is -2.36. The van der Waals surface area contributed by atoms with Crippen molar-refractivity contribution in [1.29, 1.82) is 0 Å². The summed E-state index contributed by atoms with van der Waals surface area (Å²) in [4.78, 5) is 40.1. The largest absolute Gasteiger partial charge is 0.454 e. The summed E-state index contributed by atoms with van der Waals surface area (Å²) in [6, 6.07) is 20.0. The Balaban J connectivity index is 1.27. The minimum absolute atomic E-state index is 0.0643. The minimum Gasteiger partial charge on any atom is -0.454 e. The Bertz CT molecular complexity index is 1320. The Hall–Kier alpha value is -4.33. The van der Waals surface area contributed by atoms with E-state index in [1.165, 1.54) is 6.92 Å². The van der Waals surface area contributed by atoms with Crippen LogP contribution in [0.3, 0.4) is 0 Å². The number of hydrogen-bond acceptors (Lipinski definition) is 5. The molecule has 0 spiro atoms. The van der Waals surface area contributed by atoms with Gasteiger partial charge in [0.05, 0.1) is 23.7 Å². The standard InChI is InChI=1S/C28H27N3O5/c1-18(32)31-13-12-20-6-2-3-7-21(20)24(31)15-27(33)30-23-9-5-4-8-22(23)28(34)29-16-19-10-11-25-26(14-19)36-17-35-25/h2-11,14,24H,12-13,15-17H2,1H3,(H,29,34)(H,30,33). The number of anilines is 1. The molecule has 36 heavy (non-hydrogen) atoms. The molecule has 0 bridgehead atoms. The van der Waals surface area contributed by atoms with Gasteiger partial charge in [0.1, 0.15) is 0 Å². The molecule has 2 aliphatic heterocycles. The monoisotopic (exact) mass is 485 g/mol. The smallest absolute Gasteiger partial charge is 0.253 e. The van der Waals surface area contributed by atoms with E-state index in [4.69, 9.17) is 9.47 Å². The van der Waals surface area contributed by atoms with E-state index in [-0.39, 0.29) is 37.0 Å². The number of carbonyl (C=O) groups excluding carboxylic acids is 3. The molecule has 0 aliphatic carbocycles. The number of carbonyl (C=O) groups is 3. The molecule has 0 saturated heterocycles. The van der Waals surface area contributed by atoms with Crippen LogP contribution in [0, 0.1) is 0 Å². The summed E-state index contributed by atoms with van der Waals surface area (Å²) in [5.41, 5.74) is 3.79. The number of nitrogens with one attached hydrogen (secondary N) is 2. The van der Waals surface area contributed by atoms with Gasteiger partial charge in [0.25, 0.3) is 5.91 Å². The number of rotatable bonds is 6. The number of benzene rings is 3. The van der Waals surface area contributed by atoms with Gasteiger partial charge in [-0.15, -0.1) is 0 Å². The van der Waals surface area contributed by atoms with Gasteiger partial charge in [-0.2, -0.15) is 0 Å². The highest BCUT2D eigenvalue weighted by molar-refractivity contribution is 6.03. The predicted octanol–water partition coefficient (Wildman–Crippen LogP) is 3.82. The zero-order chi connectivity index (χ0) is 25.1. The van der Waals surface area contributed by atoms with Crippen LogP contribution in [0.15, 0.2) is 66.7 Å². The first-order valence-electron chi connectivity index (χ1n) is 11.9. The number of amides is 3. The van der Waals surface area contributed by atoms with Gasteiger partial charge in [-0.05, 0) is 47.4 Å². The third-order valence-electron chi connectivity index (χ3n) is 6.53. The molecule has 1 atom stereocenters. The quantitative estimate of drug-likeness (QED) is 0.553. The zero-order valence-corrected chi connectivity index (χ0v) is 20.0. The van der Waals surface area contributed by atoms with Crippen LogP contribution in [-0.2, 0) is 22.6 Å². The maximum absolute atomic E-state index is 13.1. The lowest BCUT2D eigenvalue weighted by atomic mass is 9.90. The predicted molar refractivity (Wildman–Crippen MR) is 134 cm³/mol. The average Bonchev–Trinajstić information content (AvgIpc) is 3.35. The van der Waals surface area contributed by atoms with Crippen molar-refractivity contribution in [2.45, 2.75) is 32.4 Å². The van der Waals surface area contributed by atoms with Gasteiger partial charge in [0, 0.05) is 20.0 Å². The van der Waals surface area contributed by atoms with Gasteiger partial charge in [0.15, 0.2) is 11.5 Å². The topological polar surface area (TPSA) is 97.0 Å². The van der Waals surface area contributed by atoms with Crippen LogP contribution in [0.5, 0.6) is 11.5 Å². The molecule has 2 N–H and O–H groups in total. The Morgan fingerprint density at radius 1 is 0.972 bits per heavy atom. The zero-order valence-electron chi connectivity index (χ0n) is 20.0. The fourth-order valence-corrected chi connectivity index (χ4v) is 4.74. The molecule has 8 heteroatoms. The van der Waals surface area contributed by atoms with Gasteiger partial charge < -0.3 is 25.0 Å². The van der Waals surface area contributed by atoms with E-state index in [1.807, 2.05) is 42.5 Å². The van der Waals surface area contributed by atoms with Crippen LogP contribution < -0.4 is 20.1 Å². The van der Waals surface area contributed by atoms with E-state index < -0.39 is 0 Å². The summed E-state index contributed by atoms with van der Waals surface area (Å²) in [6.07, 6.45) is 0.865. The molecule has 184 valence electrons. The summed E-state index contributed by atoms with van der Waals surface area (Å²) >= 11 is 0. The maximum Gasteiger partial charge on any atom is 0.253 e. The molecule has 1 unspecified atom stereocenters. The van der Waals surface area contributed by atoms with E-state index >= 15 is 0 Å². The van der Waals surface area contributed by atoms with E-state index in [0.717, 1.165) is 23.1 Å². The number of hydrogen-bond donors (Lipinski definition) is 2. The van der Waals surface area contributed by atoms with Gasteiger partial charge in [-0.3, -0.25) is 14.4 Å². The molecule has 3 aromatic rings. The summed E-state index contributed by atoms with van der Waals surface area (Å²) < 4.78 is 10.7. The van der Waals surface area contributed by atoms with Crippen molar-refractivity contribution in [1.82, 2.24) is 10.2 Å². The Morgan fingerprint density at radius 3 is 2.61 bits per heavy atom. The van der Waals surface area contributed by atoms with Crippen LogP contribution in [0.1, 0.15) is 46.4 Å². The summed E-state index contributed by atoms with van der Waals surface area (Å²) in [5, 5.41) is 5.78. The molecule has 8 nitrogen and oxygen atoms in total. The van der Waals surface area contributed by atoms with Gasteiger partial charge >= 0.3 is 0 Å². The summed E-state index contributed by atoms with van der Waals surface area (Å²) in [7, 11) is 0. The summed E-state index contributed by atoms with van der Waals surface area (Å²) in [5.74, 6) is 0.696. The second-order valence-electron chi connectivity index (χ2n) is 8.85. The van der Waals surface area contributed by atoms with E-state index in [0.29, 0.717) is 35.8 Å². The molecule has 2 aliphatic rings. The first kappa shape index (κ1) is 23.4. The van der Waals surface area contributed by atoms with Crippen molar-refractivity contribution in [2.24, 2.45) is 0 Å². The van der Waals surface area contributed by atoms with E-state index in [9.17, 15) is 14.4 Å². The molecule has 5 rings (SSSR count). The van der Waals surface area contributed by atoms with Gasteiger partial charge in [-0.1, -0.05) is 42.5 Å². The molecule has 0 saturated carbocycles. The molecule has 0 radical (unpaired) electrons. The first-order valence-corrected chi connectivity index (χ1v) is 11.9. The highest BCUT2D eigenvalue weighted by Gasteiger charge is 2.31. The fraction of sp³-hybridized carbons (Fsp3) is 0.250. The fourth-order valence-electron chi connectivity index (χ4n) is 4.74. The average molecular weight is 486 g/mol. The Labute approximate surface area is 209 Å². The van der Waals surface area contributed by atoms with Gasteiger partial charge in [-0.25, -0.2) is 0 Å². The third kappa shape index (κ3) is 4.88. The number of fused-ring (bicyclic) bond motifs is 2.